The minimum atomic E-state index is -1.05. The maximum atomic E-state index is 13.0. The molecule has 2 aliphatic heterocycles. The Balaban J connectivity index is 1.80. The van der Waals surface area contributed by atoms with Gasteiger partial charge in [0.2, 0.25) is 11.8 Å². The van der Waals surface area contributed by atoms with Crippen LogP contribution >= 0.6 is 0 Å². The third-order valence-electron chi connectivity index (χ3n) is 5.26. The molecule has 2 saturated heterocycles. The minimum Gasteiger partial charge on any atom is -0.495 e. The van der Waals surface area contributed by atoms with Crippen molar-refractivity contribution in [3.63, 3.8) is 0 Å². The van der Waals surface area contributed by atoms with Crippen LogP contribution in [0.1, 0.15) is 18.4 Å². The van der Waals surface area contributed by atoms with E-state index in [1.54, 1.807) is 11.0 Å². The zero-order valence-corrected chi connectivity index (χ0v) is 15.7. The first-order valence-electron chi connectivity index (χ1n) is 8.86. The highest BCUT2D eigenvalue weighted by molar-refractivity contribution is 6.02. The average Bonchev–Trinajstić information content (AvgIpc) is 3.25. The van der Waals surface area contributed by atoms with Crippen LogP contribution in [0.2, 0.25) is 0 Å². The summed E-state index contributed by atoms with van der Waals surface area (Å²) in [6, 6.07) is 4.61. The lowest BCUT2D eigenvalue weighted by Crippen LogP contribution is -2.44. The zero-order valence-electron chi connectivity index (χ0n) is 15.7. The molecule has 0 saturated carbocycles. The molecule has 2 fully saturated rings. The molecule has 1 N–H and O–H groups in total. The summed E-state index contributed by atoms with van der Waals surface area (Å²) in [5.74, 6) is -1.56. The molecule has 146 valence electrons. The van der Waals surface area contributed by atoms with Crippen LogP contribution in [0.15, 0.2) is 18.2 Å². The van der Waals surface area contributed by atoms with Gasteiger partial charge in [0.05, 0.1) is 24.8 Å². The summed E-state index contributed by atoms with van der Waals surface area (Å²) in [4.78, 5) is 40.0. The first-order chi connectivity index (χ1) is 12.8. The van der Waals surface area contributed by atoms with Crippen molar-refractivity contribution in [2.24, 2.45) is 5.92 Å². The van der Waals surface area contributed by atoms with E-state index in [0.717, 1.165) is 5.56 Å². The molecule has 8 heteroatoms. The number of methoxy groups -OCH3 is 2. The summed E-state index contributed by atoms with van der Waals surface area (Å²) < 4.78 is 10.6. The maximum absolute atomic E-state index is 13.0. The van der Waals surface area contributed by atoms with Gasteiger partial charge in [-0.2, -0.15) is 0 Å². The lowest BCUT2D eigenvalue weighted by molar-refractivity contribution is -0.149. The lowest BCUT2D eigenvalue weighted by Gasteiger charge is -2.25. The van der Waals surface area contributed by atoms with Gasteiger partial charge >= 0.3 is 5.97 Å². The van der Waals surface area contributed by atoms with E-state index >= 15 is 0 Å². The van der Waals surface area contributed by atoms with Gasteiger partial charge in [0.25, 0.3) is 0 Å². The Kier molecular flexibility index (Phi) is 5.36. The number of hydrogen-bond acceptors (Lipinski definition) is 5. The van der Waals surface area contributed by atoms with Gasteiger partial charge in [-0.25, -0.2) is 4.79 Å². The standard InChI is InChI=1S/C19H24N2O6/c1-11-4-5-16(27-3)14(6-11)20-9-12(7-17(20)22)18(23)21-10-13(26-2)8-15(21)19(24)25/h4-6,12-13,15H,7-10H2,1-3H3,(H,24,25). The fourth-order valence-electron chi connectivity index (χ4n) is 3.80. The molecule has 8 nitrogen and oxygen atoms in total. The molecule has 3 atom stereocenters. The second kappa shape index (κ2) is 7.56. The van der Waals surface area contributed by atoms with Crippen LogP contribution in [0.25, 0.3) is 0 Å². The first-order valence-corrected chi connectivity index (χ1v) is 8.86. The molecule has 3 rings (SSSR count). The molecule has 0 aromatic heterocycles. The highest BCUT2D eigenvalue weighted by Crippen LogP contribution is 2.35. The quantitative estimate of drug-likeness (QED) is 0.825. The van der Waals surface area contributed by atoms with E-state index in [4.69, 9.17) is 9.47 Å². The van der Waals surface area contributed by atoms with Crippen molar-refractivity contribution >= 4 is 23.5 Å². The molecule has 2 aliphatic rings. The molecule has 0 bridgehead atoms. The number of nitrogens with zero attached hydrogens (tertiary/aromatic N) is 2. The number of ether oxygens (including phenoxy) is 2. The van der Waals surface area contributed by atoms with Crippen molar-refractivity contribution in [2.75, 3.05) is 32.2 Å². The molecule has 0 spiro atoms. The van der Waals surface area contributed by atoms with Crippen LogP contribution in [0.3, 0.4) is 0 Å². The first kappa shape index (κ1) is 19.2. The summed E-state index contributed by atoms with van der Waals surface area (Å²) in [6.45, 7) is 2.35. The molecular formula is C19H24N2O6. The number of hydrogen-bond donors (Lipinski definition) is 1. The van der Waals surface area contributed by atoms with Gasteiger partial charge < -0.3 is 24.4 Å². The van der Waals surface area contributed by atoms with Crippen molar-refractivity contribution in [2.45, 2.75) is 31.9 Å². The normalized spacial score (nSPS) is 25.1. The smallest absolute Gasteiger partial charge is 0.326 e. The zero-order chi connectivity index (χ0) is 19.7. The Hall–Kier alpha value is -2.61. The number of aryl methyl sites for hydroxylation is 1. The number of carbonyl (C=O) groups excluding carboxylic acids is 2. The average molecular weight is 376 g/mol. The van der Waals surface area contributed by atoms with E-state index in [-0.39, 0.29) is 43.8 Å². The van der Waals surface area contributed by atoms with Crippen molar-refractivity contribution in [3.05, 3.63) is 23.8 Å². The number of carboxylic acids is 1. The minimum absolute atomic E-state index is 0.0520. The summed E-state index contributed by atoms with van der Waals surface area (Å²) in [6.07, 6.45) is 0.00416. The number of carboxylic acid groups (broad SMARTS) is 1. The molecule has 27 heavy (non-hydrogen) atoms. The SMILES string of the molecule is COc1ccc(C)cc1N1CC(C(=O)N2CC(OC)CC2C(=O)O)CC1=O. The Morgan fingerprint density at radius 2 is 1.96 bits per heavy atom. The monoisotopic (exact) mass is 376 g/mol. The van der Waals surface area contributed by atoms with E-state index in [9.17, 15) is 19.5 Å². The highest BCUT2D eigenvalue weighted by Gasteiger charge is 2.45. The molecule has 2 amide bonds. The second-order valence-electron chi connectivity index (χ2n) is 7.02. The number of benzene rings is 1. The van der Waals surface area contributed by atoms with Gasteiger partial charge in [-0.1, -0.05) is 6.07 Å². The van der Waals surface area contributed by atoms with Gasteiger partial charge in [0.15, 0.2) is 0 Å². The van der Waals surface area contributed by atoms with Crippen LogP contribution in [-0.2, 0) is 19.1 Å². The fourth-order valence-corrected chi connectivity index (χ4v) is 3.80. The summed E-state index contributed by atoms with van der Waals surface area (Å²) in [5.41, 5.74) is 1.60. The number of anilines is 1. The molecule has 0 aliphatic carbocycles. The largest absolute Gasteiger partial charge is 0.495 e. The summed E-state index contributed by atoms with van der Waals surface area (Å²) >= 11 is 0. The number of likely N-dealkylation sites (tertiary alicyclic amines) is 1. The predicted octanol–water partition coefficient (Wildman–Crippen LogP) is 1.06. The molecule has 0 radical (unpaired) electrons. The highest BCUT2D eigenvalue weighted by atomic mass is 16.5. The molecule has 1 aromatic rings. The third kappa shape index (κ3) is 3.62. The number of carbonyl (C=O) groups is 3. The van der Waals surface area contributed by atoms with Crippen molar-refractivity contribution in [1.29, 1.82) is 0 Å². The van der Waals surface area contributed by atoms with Crippen LogP contribution in [0, 0.1) is 12.8 Å². The molecule has 1 aromatic carbocycles. The Bertz CT molecular complexity index is 765. The lowest BCUT2D eigenvalue weighted by atomic mass is 10.1. The van der Waals surface area contributed by atoms with Crippen LogP contribution in [-0.4, -0.2) is 67.2 Å². The second-order valence-corrected chi connectivity index (χ2v) is 7.02. The van der Waals surface area contributed by atoms with Crippen LogP contribution in [0.4, 0.5) is 5.69 Å². The van der Waals surface area contributed by atoms with Gasteiger partial charge in [-0.3, -0.25) is 9.59 Å². The summed E-state index contributed by atoms with van der Waals surface area (Å²) in [7, 11) is 3.03. The predicted molar refractivity (Wildman–Crippen MR) is 96.7 cm³/mol. The molecular weight excluding hydrogens is 352 g/mol. The van der Waals surface area contributed by atoms with E-state index in [1.807, 2.05) is 19.1 Å². The van der Waals surface area contributed by atoms with Crippen molar-refractivity contribution in [3.8, 4) is 5.75 Å². The Morgan fingerprint density at radius 3 is 2.59 bits per heavy atom. The Labute approximate surface area is 157 Å². The molecule has 2 heterocycles. The van der Waals surface area contributed by atoms with Crippen molar-refractivity contribution in [1.82, 2.24) is 4.90 Å². The summed E-state index contributed by atoms with van der Waals surface area (Å²) in [5, 5.41) is 9.43. The Morgan fingerprint density at radius 1 is 1.22 bits per heavy atom. The van der Waals surface area contributed by atoms with Gasteiger partial charge in [0.1, 0.15) is 11.8 Å². The van der Waals surface area contributed by atoms with Gasteiger partial charge in [-0.15, -0.1) is 0 Å². The van der Waals surface area contributed by atoms with Crippen LogP contribution < -0.4 is 9.64 Å². The molecule has 3 unspecified atom stereocenters. The van der Waals surface area contributed by atoms with Crippen LogP contribution in [0.5, 0.6) is 5.75 Å². The van der Waals surface area contributed by atoms with E-state index in [0.29, 0.717) is 11.4 Å². The third-order valence-corrected chi connectivity index (χ3v) is 5.26. The topological polar surface area (TPSA) is 96.4 Å². The van der Waals surface area contributed by atoms with E-state index in [2.05, 4.69) is 0 Å². The number of aliphatic carboxylic acids is 1. The maximum Gasteiger partial charge on any atom is 0.326 e. The van der Waals surface area contributed by atoms with E-state index in [1.165, 1.54) is 19.1 Å². The number of rotatable bonds is 5. The number of amides is 2. The fraction of sp³-hybridized carbons (Fsp3) is 0.526. The van der Waals surface area contributed by atoms with E-state index < -0.39 is 17.9 Å². The van der Waals surface area contributed by atoms with Gasteiger partial charge in [-0.05, 0) is 24.6 Å². The van der Waals surface area contributed by atoms with Crippen molar-refractivity contribution < 1.29 is 29.0 Å². The van der Waals surface area contributed by atoms with Gasteiger partial charge in [0, 0.05) is 33.0 Å².